The molecule has 4 radical (unpaired) electrons. The number of nitrogens with one attached hydrogen (secondary N) is 3. The van der Waals surface area contributed by atoms with Gasteiger partial charge in [0.15, 0.2) is 0 Å². The van der Waals surface area contributed by atoms with E-state index in [1.165, 1.54) is 18.0 Å². The average Bonchev–Trinajstić information content (AvgIpc) is 3.84. The number of allylic oxidation sites excluding steroid dienone is 1. The Morgan fingerprint density at radius 1 is 1.06 bits per heavy atom. The van der Waals surface area contributed by atoms with Crippen molar-refractivity contribution in [3.8, 4) is 11.1 Å². The highest BCUT2D eigenvalue weighted by Crippen LogP contribution is 2.49. The molecule has 16 heteroatoms. The molecular formula is C34H41B2N11O3. The minimum Gasteiger partial charge on any atom is -0.393 e. The number of aromatic nitrogens is 3. The summed E-state index contributed by atoms with van der Waals surface area (Å²) >= 11 is 0. The Labute approximate surface area is 294 Å². The number of amides is 3. The summed E-state index contributed by atoms with van der Waals surface area (Å²) in [5, 5.41) is 12.0. The van der Waals surface area contributed by atoms with Gasteiger partial charge in [-0.25, -0.2) is 4.98 Å². The molecule has 1 unspecified atom stereocenters. The molecule has 2 fully saturated rings. The van der Waals surface area contributed by atoms with Gasteiger partial charge in [-0.3, -0.25) is 19.1 Å². The lowest BCUT2D eigenvalue weighted by Gasteiger charge is -2.50. The van der Waals surface area contributed by atoms with Crippen LogP contribution in [0.4, 0.5) is 11.4 Å². The second kappa shape index (κ2) is 13.2. The molecule has 4 heterocycles. The second-order valence-corrected chi connectivity index (χ2v) is 13.3. The molecule has 2 aromatic heterocycles. The Kier molecular flexibility index (Phi) is 9.16. The fourth-order valence-electron chi connectivity index (χ4n) is 6.35. The van der Waals surface area contributed by atoms with E-state index in [2.05, 4.69) is 32.8 Å². The number of hydrogen-bond donors (Lipinski definition) is 5. The Balaban J connectivity index is 1.26. The Hall–Kier alpha value is -5.24. The Morgan fingerprint density at radius 3 is 2.42 bits per heavy atom. The minimum atomic E-state index is -1.39. The first-order chi connectivity index (χ1) is 23.7. The van der Waals surface area contributed by atoms with Crippen molar-refractivity contribution in [3.05, 3.63) is 83.0 Å². The van der Waals surface area contributed by atoms with Crippen LogP contribution in [0.2, 0.25) is 0 Å². The van der Waals surface area contributed by atoms with Gasteiger partial charge >= 0.3 is 0 Å². The first kappa shape index (κ1) is 34.6. The first-order valence-electron chi connectivity index (χ1n) is 16.4. The van der Waals surface area contributed by atoms with E-state index in [1.54, 1.807) is 32.3 Å². The highest BCUT2D eigenvalue weighted by Gasteiger charge is 2.42. The summed E-state index contributed by atoms with van der Waals surface area (Å²) in [4.78, 5) is 47.5. The third-order valence-corrected chi connectivity index (χ3v) is 9.55. The standard InChI is InChI=1S/C34H41B2N11O3/c1-18-29-22(15-40-47(29)20-16-46(17-20)34(35,36)26-11-7-10-24(42-26)33(50)44(3)4)21-8-6-9-23(30(21)45(18)5)41-25(28(38)32(49)39-2)14-27(37)43-31(48)19-12-13-19/h6-11,14-15,18-20,41H,12-13,16-17,37-38H2,1-5H3,(H,39,49)(H,43,48)/b27-14+,28-25+. The predicted octanol–water partition coefficient (Wildman–Crippen LogP) is 0.816. The fraction of sp³-hybridized carbons (Fsp3) is 0.382. The number of para-hydroxylation sites is 1. The maximum absolute atomic E-state index is 12.6. The van der Waals surface area contributed by atoms with Crippen molar-refractivity contribution in [2.24, 2.45) is 17.4 Å². The van der Waals surface area contributed by atoms with Crippen molar-refractivity contribution in [1.82, 2.24) is 35.2 Å². The zero-order valence-corrected chi connectivity index (χ0v) is 28.9. The number of nitrogens with two attached hydrogens (primary N) is 2. The number of pyridine rings is 1. The number of fused-ring (bicyclic) bond motifs is 3. The molecule has 1 saturated heterocycles. The van der Waals surface area contributed by atoms with E-state index in [-0.39, 0.29) is 52.7 Å². The van der Waals surface area contributed by atoms with E-state index in [9.17, 15) is 14.4 Å². The third-order valence-electron chi connectivity index (χ3n) is 9.55. The monoisotopic (exact) mass is 673 g/mol. The molecule has 1 atom stereocenters. The van der Waals surface area contributed by atoms with Gasteiger partial charge < -0.3 is 42.1 Å². The van der Waals surface area contributed by atoms with Crippen molar-refractivity contribution in [3.63, 3.8) is 0 Å². The zero-order valence-electron chi connectivity index (χ0n) is 28.9. The predicted molar refractivity (Wildman–Crippen MR) is 193 cm³/mol. The van der Waals surface area contributed by atoms with E-state index >= 15 is 0 Å². The quantitative estimate of drug-likeness (QED) is 0.118. The van der Waals surface area contributed by atoms with Crippen molar-refractivity contribution >= 4 is 44.8 Å². The number of carbonyl (C=O) groups is 3. The largest absolute Gasteiger partial charge is 0.393 e. The van der Waals surface area contributed by atoms with Crippen LogP contribution in [0.5, 0.6) is 0 Å². The summed E-state index contributed by atoms with van der Waals surface area (Å²) in [6.07, 6.45) is 4.97. The van der Waals surface area contributed by atoms with Crippen LogP contribution in [0.1, 0.15) is 53.7 Å². The molecule has 7 N–H and O–H groups in total. The molecule has 2 aliphatic heterocycles. The van der Waals surface area contributed by atoms with Gasteiger partial charge in [0.25, 0.3) is 11.8 Å². The van der Waals surface area contributed by atoms with Crippen molar-refractivity contribution < 1.29 is 14.4 Å². The number of hydrogen-bond acceptors (Lipinski definition) is 10. The number of benzene rings is 1. The molecule has 3 aliphatic rings. The number of likely N-dealkylation sites (tertiary alicyclic amines) is 1. The summed E-state index contributed by atoms with van der Waals surface area (Å²) in [6, 6.07) is 10.8. The molecule has 1 aliphatic carbocycles. The summed E-state index contributed by atoms with van der Waals surface area (Å²) in [5.41, 5.74) is 17.8. The number of carbonyl (C=O) groups excluding carboxylic acids is 3. The number of likely N-dealkylation sites (N-methyl/N-ethyl adjacent to an activating group) is 1. The van der Waals surface area contributed by atoms with E-state index in [1.807, 2.05) is 41.0 Å². The highest BCUT2D eigenvalue weighted by atomic mass is 16.2. The van der Waals surface area contributed by atoms with Crippen LogP contribution in [0.3, 0.4) is 0 Å². The smallest absolute Gasteiger partial charge is 0.271 e. The minimum absolute atomic E-state index is 0.00336. The summed E-state index contributed by atoms with van der Waals surface area (Å²) in [5.74, 6) is -0.864. The summed E-state index contributed by atoms with van der Waals surface area (Å²) in [6.45, 7) is 3.15. The van der Waals surface area contributed by atoms with Crippen LogP contribution < -0.4 is 32.3 Å². The van der Waals surface area contributed by atoms with Crippen molar-refractivity contribution in [1.29, 1.82) is 0 Å². The molecule has 3 aromatic rings. The van der Waals surface area contributed by atoms with Gasteiger partial charge in [0.2, 0.25) is 5.91 Å². The van der Waals surface area contributed by atoms with E-state index in [0.29, 0.717) is 24.5 Å². The van der Waals surface area contributed by atoms with Gasteiger partial charge in [-0.05, 0) is 43.3 Å². The van der Waals surface area contributed by atoms with E-state index in [0.717, 1.165) is 35.3 Å². The van der Waals surface area contributed by atoms with E-state index < -0.39 is 11.2 Å². The summed E-state index contributed by atoms with van der Waals surface area (Å²) < 4.78 is 2.03. The number of anilines is 2. The molecule has 50 heavy (non-hydrogen) atoms. The lowest BCUT2D eigenvalue weighted by Crippen LogP contribution is -2.60. The zero-order chi connectivity index (χ0) is 36.1. The lowest BCUT2D eigenvalue weighted by atomic mass is 9.57. The summed E-state index contributed by atoms with van der Waals surface area (Å²) in [7, 11) is 20.1. The first-order valence-corrected chi connectivity index (χ1v) is 16.4. The van der Waals surface area contributed by atoms with Gasteiger partial charge in [0, 0.05) is 70.1 Å². The number of nitrogens with zero attached hydrogens (tertiary/aromatic N) is 6. The third kappa shape index (κ3) is 6.30. The van der Waals surface area contributed by atoms with Crippen LogP contribution in [0, 0.1) is 5.92 Å². The molecule has 256 valence electrons. The van der Waals surface area contributed by atoms with Crippen molar-refractivity contribution in [2.45, 2.75) is 37.2 Å². The highest BCUT2D eigenvalue weighted by molar-refractivity contribution is 6.39. The van der Waals surface area contributed by atoms with Crippen LogP contribution in [-0.2, 0) is 14.9 Å². The van der Waals surface area contributed by atoms with Crippen LogP contribution >= 0.6 is 0 Å². The van der Waals surface area contributed by atoms with Crippen LogP contribution in [0.15, 0.2) is 65.9 Å². The average molecular weight is 673 g/mol. The van der Waals surface area contributed by atoms with Crippen LogP contribution in [-0.4, -0.2) is 99.3 Å². The molecule has 6 rings (SSSR count). The van der Waals surface area contributed by atoms with Crippen LogP contribution in [0.25, 0.3) is 11.1 Å². The Morgan fingerprint density at radius 2 is 1.76 bits per heavy atom. The maximum Gasteiger partial charge on any atom is 0.271 e. The molecule has 0 spiro atoms. The van der Waals surface area contributed by atoms with Gasteiger partial charge in [-0.2, -0.15) is 5.10 Å². The number of rotatable bonds is 10. The van der Waals surface area contributed by atoms with Gasteiger partial charge in [-0.15, -0.1) is 0 Å². The SMILES string of the molecule is [B]C([B])(c1cccc(C(=O)N(C)C)n1)N1CC(n2ncc3c2C(C)N(C)c2c(NC(/C=C(\N)NC(=O)C4CC4)=C(/N)C(=O)NC)cccc2-3)C1. The molecular weight excluding hydrogens is 632 g/mol. The second-order valence-electron chi connectivity index (χ2n) is 13.3. The molecule has 3 amide bonds. The molecule has 1 aromatic carbocycles. The normalized spacial score (nSPS) is 18.3. The van der Waals surface area contributed by atoms with E-state index in [4.69, 9.17) is 32.3 Å². The molecule has 14 nitrogen and oxygen atoms in total. The molecule has 0 bridgehead atoms. The lowest BCUT2D eigenvalue weighted by molar-refractivity contribution is -0.121. The van der Waals surface area contributed by atoms with Gasteiger partial charge in [-0.1, -0.05) is 18.2 Å². The maximum atomic E-state index is 12.6. The van der Waals surface area contributed by atoms with Gasteiger partial charge in [0.05, 0.1) is 56.7 Å². The fourth-order valence-corrected chi connectivity index (χ4v) is 6.35. The Bertz CT molecular complexity index is 1910. The van der Waals surface area contributed by atoms with Gasteiger partial charge in [0.1, 0.15) is 17.2 Å². The van der Waals surface area contributed by atoms with Crippen molar-refractivity contribution in [2.75, 3.05) is 51.5 Å². The molecule has 1 saturated carbocycles. The topological polar surface area (TPSA) is 180 Å².